The standard InChI is InChI=1S/C20H24FN3O4S/c21-15-7-13(27-9-11-1-2-11)8-16-18(15)19(25)24-17(23-16)10-29-14-5-3-12(4-6-14)28-20(22)26/h7-8,11-12,14H,1-6,9-10H2,(H2,22,26)(H,23,24,25)/t12-,14-. The quantitative estimate of drug-likeness (QED) is 0.709. The number of aromatic amines is 1. The number of ether oxygens (including phenoxy) is 2. The van der Waals surface area contributed by atoms with Gasteiger partial charge in [0, 0.05) is 17.4 Å². The van der Waals surface area contributed by atoms with Crippen LogP contribution in [0.5, 0.6) is 5.75 Å². The van der Waals surface area contributed by atoms with Gasteiger partial charge in [0.25, 0.3) is 5.56 Å². The Morgan fingerprint density at radius 1 is 1.24 bits per heavy atom. The number of primary amides is 1. The van der Waals surface area contributed by atoms with Gasteiger partial charge in [0.2, 0.25) is 0 Å². The first-order chi connectivity index (χ1) is 14.0. The molecular weight excluding hydrogens is 397 g/mol. The van der Waals surface area contributed by atoms with Crippen LogP contribution in [0.15, 0.2) is 16.9 Å². The van der Waals surface area contributed by atoms with Crippen LogP contribution in [0.4, 0.5) is 9.18 Å². The second kappa shape index (κ2) is 8.61. The number of H-pyrrole nitrogens is 1. The Morgan fingerprint density at radius 3 is 2.69 bits per heavy atom. The van der Waals surface area contributed by atoms with E-state index in [4.69, 9.17) is 15.2 Å². The highest BCUT2D eigenvalue weighted by molar-refractivity contribution is 7.99. The lowest BCUT2D eigenvalue weighted by molar-refractivity contribution is 0.0839. The third-order valence-electron chi connectivity index (χ3n) is 5.33. The molecule has 0 atom stereocenters. The van der Waals surface area contributed by atoms with Crippen molar-refractivity contribution in [2.45, 2.75) is 55.6 Å². The molecular formula is C20H24FN3O4S. The van der Waals surface area contributed by atoms with E-state index in [2.05, 4.69) is 9.97 Å². The number of hydrogen-bond donors (Lipinski definition) is 2. The van der Waals surface area contributed by atoms with Gasteiger partial charge in [0.1, 0.15) is 28.9 Å². The molecule has 7 nitrogen and oxygen atoms in total. The van der Waals surface area contributed by atoms with Gasteiger partial charge in [-0.05, 0) is 44.4 Å². The highest BCUT2D eigenvalue weighted by atomic mass is 32.2. The summed E-state index contributed by atoms with van der Waals surface area (Å²) in [5.74, 6) is 1.38. The van der Waals surface area contributed by atoms with Crippen LogP contribution in [0.1, 0.15) is 44.3 Å². The second-order valence-corrected chi connectivity index (χ2v) is 9.00. The fraction of sp³-hybridized carbons (Fsp3) is 0.550. The molecule has 0 radical (unpaired) electrons. The summed E-state index contributed by atoms with van der Waals surface area (Å²) in [7, 11) is 0. The Hall–Kier alpha value is -2.29. The summed E-state index contributed by atoms with van der Waals surface area (Å²) in [5, 5.41) is 0.343. The predicted molar refractivity (Wildman–Crippen MR) is 109 cm³/mol. The molecule has 0 aliphatic heterocycles. The number of benzene rings is 1. The number of nitrogens with two attached hydrogens (primary N) is 1. The summed E-state index contributed by atoms with van der Waals surface area (Å²) in [4.78, 5) is 30.3. The molecule has 0 bridgehead atoms. The minimum absolute atomic E-state index is 0.0402. The van der Waals surface area contributed by atoms with E-state index in [0.29, 0.717) is 40.6 Å². The molecule has 156 valence electrons. The minimum atomic E-state index is -0.730. The van der Waals surface area contributed by atoms with Gasteiger partial charge in [-0.25, -0.2) is 14.2 Å². The summed E-state index contributed by atoms with van der Waals surface area (Å²) < 4.78 is 25.1. The normalized spacial score (nSPS) is 21.8. The summed E-state index contributed by atoms with van der Waals surface area (Å²) in [5.41, 5.74) is 4.90. The van der Waals surface area contributed by atoms with Gasteiger partial charge in [0.15, 0.2) is 0 Å². The lowest BCUT2D eigenvalue weighted by atomic mass is 9.97. The van der Waals surface area contributed by atoms with Gasteiger partial charge in [-0.2, -0.15) is 11.8 Å². The van der Waals surface area contributed by atoms with Crippen LogP contribution in [0, 0.1) is 11.7 Å². The van der Waals surface area contributed by atoms with Gasteiger partial charge >= 0.3 is 6.09 Å². The van der Waals surface area contributed by atoms with E-state index >= 15 is 0 Å². The SMILES string of the molecule is NC(=O)O[C@H]1CC[C@H](SCc2nc3cc(OCC4CC4)cc(F)c3c(=O)[nH]2)CC1. The number of nitrogens with zero attached hydrogens (tertiary/aromatic N) is 1. The Bertz CT molecular complexity index is 955. The highest BCUT2D eigenvalue weighted by Gasteiger charge is 2.24. The summed E-state index contributed by atoms with van der Waals surface area (Å²) in [6.07, 6.45) is 4.79. The van der Waals surface area contributed by atoms with Gasteiger partial charge in [0.05, 0.1) is 17.9 Å². The van der Waals surface area contributed by atoms with Crippen LogP contribution < -0.4 is 16.0 Å². The molecule has 1 amide bonds. The van der Waals surface area contributed by atoms with Crippen molar-refractivity contribution in [3.63, 3.8) is 0 Å². The van der Waals surface area contributed by atoms with Crippen molar-refractivity contribution in [3.8, 4) is 5.75 Å². The molecule has 2 aromatic rings. The topological polar surface area (TPSA) is 107 Å². The third kappa shape index (κ3) is 5.20. The fourth-order valence-corrected chi connectivity index (χ4v) is 4.71. The van der Waals surface area contributed by atoms with Crippen molar-refractivity contribution in [3.05, 3.63) is 34.1 Å². The number of hydrogen-bond acceptors (Lipinski definition) is 6. The van der Waals surface area contributed by atoms with E-state index in [9.17, 15) is 14.0 Å². The maximum Gasteiger partial charge on any atom is 0.404 e. The first kappa shape index (κ1) is 20.0. The fourth-order valence-electron chi connectivity index (χ4n) is 3.58. The van der Waals surface area contributed by atoms with Crippen LogP contribution in [0.2, 0.25) is 0 Å². The minimum Gasteiger partial charge on any atom is -0.493 e. The van der Waals surface area contributed by atoms with E-state index in [1.165, 1.54) is 6.07 Å². The van der Waals surface area contributed by atoms with Crippen molar-refractivity contribution in [2.24, 2.45) is 11.7 Å². The third-order valence-corrected chi connectivity index (χ3v) is 6.71. The molecule has 2 saturated carbocycles. The zero-order valence-electron chi connectivity index (χ0n) is 16.0. The first-order valence-electron chi connectivity index (χ1n) is 9.91. The maximum absolute atomic E-state index is 14.4. The first-order valence-corrected chi connectivity index (χ1v) is 11.0. The zero-order chi connectivity index (χ0) is 20.4. The number of amides is 1. The van der Waals surface area contributed by atoms with Crippen LogP contribution in [0.25, 0.3) is 10.9 Å². The van der Waals surface area contributed by atoms with Gasteiger partial charge in [-0.15, -0.1) is 0 Å². The Labute approximate surface area is 171 Å². The molecule has 1 aromatic carbocycles. The number of thioether (sulfide) groups is 1. The number of aromatic nitrogens is 2. The average molecular weight is 421 g/mol. The molecule has 0 unspecified atom stereocenters. The summed E-state index contributed by atoms with van der Waals surface area (Å²) in [6, 6.07) is 2.89. The van der Waals surface area contributed by atoms with Crippen LogP contribution in [0.3, 0.4) is 0 Å². The number of rotatable bonds is 7. The van der Waals surface area contributed by atoms with Gasteiger partial charge < -0.3 is 20.2 Å². The molecule has 9 heteroatoms. The van der Waals surface area contributed by atoms with Crippen molar-refractivity contribution >= 4 is 28.8 Å². The molecule has 3 N–H and O–H groups in total. The molecule has 4 rings (SSSR count). The molecule has 2 aliphatic carbocycles. The summed E-state index contributed by atoms with van der Waals surface area (Å²) >= 11 is 1.69. The number of carbonyl (C=O) groups excluding carboxylic acids is 1. The maximum atomic E-state index is 14.4. The Morgan fingerprint density at radius 2 is 2.00 bits per heavy atom. The van der Waals surface area contributed by atoms with Crippen LogP contribution in [-0.4, -0.2) is 34.0 Å². The van der Waals surface area contributed by atoms with Crippen molar-refractivity contribution in [1.82, 2.24) is 9.97 Å². The predicted octanol–water partition coefficient (Wildman–Crippen LogP) is 3.49. The van der Waals surface area contributed by atoms with Crippen LogP contribution in [-0.2, 0) is 10.5 Å². The van der Waals surface area contributed by atoms with Crippen molar-refractivity contribution in [1.29, 1.82) is 0 Å². The molecule has 1 heterocycles. The Balaban J connectivity index is 1.41. The van der Waals surface area contributed by atoms with E-state index in [1.54, 1.807) is 17.8 Å². The van der Waals surface area contributed by atoms with Gasteiger partial charge in [-0.1, -0.05) is 0 Å². The highest BCUT2D eigenvalue weighted by Crippen LogP contribution is 2.32. The van der Waals surface area contributed by atoms with E-state index in [1.807, 2.05) is 0 Å². The van der Waals surface area contributed by atoms with Crippen molar-refractivity contribution in [2.75, 3.05) is 6.61 Å². The monoisotopic (exact) mass is 421 g/mol. The van der Waals surface area contributed by atoms with Gasteiger partial charge in [-0.3, -0.25) is 4.79 Å². The number of nitrogens with one attached hydrogen (secondary N) is 1. The molecule has 0 saturated heterocycles. The lowest BCUT2D eigenvalue weighted by Gasteiger charge is -2.27. The number of halogens is 1. The second-order valence-electron chi connectivity index (χ2n) is 7.71. The number of fused-ring (bicyclic) bond motifs is 1. The Kier molecular flexibility index (Phi) is 5.94. The lowest BCUT2D eigenvalue weighted by Crippen LogP contribution is -2.28. The van der Waals surface area contributed by atoms with E-state index in [-0.39, 0.29) is 11.5 Å². The van der Waals surface area contributed by atoms with E-state index in [0.717, 1.165) is 38.5 Å². The molecule has 1 aromatic heterocycles. The average Bonchev–Trinajstić information content (AvgIpc) is 3.49. The van der Waals surface area contributed by atoms with Crippen LogP contribution >= 0.6 is 11.8 Å². The van der Waals surface area contributed by atoms with Crippen molar-refractivity contribution < 1.29 is 18.7 Å². The zero-order valence-corrected chi connectivity index (χ0v) is 16.8. The number of carbonyl (C=O) groups is 1. The smallest absolute Gasteiger partial charge is 0.404 e. The molecule has 2 aliphatic rings. The molecule has 2 fully saturated rings. The molecule has 0 spiro atoms. The molecule has 29 heavy (non-hydrogen) atoms. The van der Waals surface area contributed by atoms with E-state index < -0.39 is 17.5 Å². The largest absolute Gasteiger partial charge is 0.493 e. The summed E-state index contributed by atoms with van der Waals surface area (Å²) in [6.45, 7) is 0.568.